The number of nitrogens with two attached hydrogens (primary N) is 1. The number of carbonyl (C=O) groups excluding carboxylic acids is 3. The first-order chi connectivity index (χ1) is 9.49. The maximum absolute atomic E-state index is 11.5. The second-order valence-electron chi connectivity index (χ2n) is 4.27. The Labute approximate surface area is 116 Å². The van der Waals surface area contributed by atoms with Gasteiger partial charge in [-0.05, 0) is 18.9 Å². The zero-order valence-corrected chi connectivity index (χ0v) is 11.2. The Kier molecular flexibility index (Phi) is 6.18. The zero-order valence-electron chi connectivity index (χ0n) is 11.2. The van der Waals surface area contributed by atoms with Crippen molar-refractivity contribution in [3.63, 3.8) is 0 Å². The van der Waals surface area contributed by atoms with Crippen LogP contribution in [-0.2, 0) is 16.0 Å². The number of hydrazine groups is 1. The average molecular weight is 278 g/mol. The number of hydrogen-bond acceptors (Lipinski definition) is 4. The third-order valence-electron chi connectivity index (χ3n) is 2.45. The Morgan fingerprint density at radius 3 is 2.40 bits per heavy atom. The molecule has 0 spiro atoms. The van der Waals surface area contributed by atoms with Gasteiger partial charge in [0.25, 0.3) is 5.91 Å². The highest BCUT2D eigenvalue weighted by Gasteiger charge is 2.10. The highest BCUT2D eigenvalue weighted by atomic mass is 16.2. The van der Waals surface area contributed by atoms with E-state index in [9.17, 15) is 14.4 Å². The van der Waals surface area contributed by atoms with Gasteiger partial charge in [-0.2, -0.15) is 0 Å². The third kappa shape index (κ3) is 5.96. The molecule has 0 aliphatic heterocycles. The molecule has 0 saturated heterocycles. The van der Waals surface area contributed by atoms with Crippen molar-refractivity contribution in [2.75, 3.05) is 0 Å². The maximum Gasteiger partial charge on any atom is 0.340 e. The lowest BCUT2D eigenvalue weighted by atomic mass is 10.1. The predicted octanol–water partition coefficient (Wildman–Crippen LogP) is -0.177. The van der Waals surface area contributed by atoms with Crippen molar-refractivity contribution in [1.29, 1.82) is 0 Å². The van der Waals surface area contributed by atoms with E-state index in [1.54, 1.807) is 0 Å². The Morgan fingerprint density at radius 1 is 1.15 bits per heavy atom. The van der Waals surface area contributed by atoms with Gasteiger partial charge in [0, 0.05) is 6.42 Å². The van der Waals surface area contributed by atoms with Crippen LogP contribution in [0, 0.1) is 0 Å². The number of amides is 4. The van der Waals surface area contributed by atoms with Crippen molar-refractivity contribution in [2.24, 2.45) is 5.73 Å². The summed E-state index contributed by atoms with van der Waals surface area (Å²) in [5.74, 6) is -0.974. The van der Waals surface area contributed by atoms with Crippen LogP contribution in [0.3, 0.4) is 0 Å². The smallest absolute Gasteiger partial charge is 0.320 e. The molecule has 1 aromatic rings. The second-order valence-corrected chi connectivity index (χ2v) is 4.27. The molecule has 0 saturated carbocycles. The first-order valence-corrected chi connectivity index (χ1v) is 6.18. The number of hydrogen-bond donors (Lipinski definition) is 4. The zero-order chi connectivity index (χ0) is 15.0. The number of aryl methyl sites for hydroxylation is 1. The Morgan fingerprint density at radius 2 is 1.80 bits per heavy atom. The highest BCUT2D eigenvalue weighted by molar-refractivity contribution is 5.95. The molecular formula is C13H18N4O3. The molecule has 0 heterocycles. The lowest BCUT2D eigenvalue weighted by Crippen LogP contribution is -2.52. The molecule has 5 N–H and O–H groups in total. The Bertz CT molecular complexity index is 474. The first-order valence-electron chi connectivity index (χ1n) is 6.18. The van der Waals surface area contributed by atoms with Crippen molar-refractivity contribution in [2.45, 2.75) is 25.8 Å². The first kappa shape index (κ1) is 15.6. The van der Waals surface area contributed by atoms with Gasteiger partial charge in [0.1, 0.15) is 0 Å². The van der Waals surface area contributed by atoms with Gasteiger partial charge in [-0.25, -0.2) is 10.2 Å². The molecule has 108 valence electrons. The molecule has 1 atom stereocenters. The van der Waals surface area contributed by atoms with E-state index in [-0.39, 0.29) is 6.42 Å². The Balaban J connectivity index is 2.25. The number of imide groups is 1. The van der Waals surface area contributed by atoms with Crippen LogP contribution < -0.4 is 21.9 Å². The van der Waals surface area contributed by atoms with E-state index in [1.807, 2.05) is 35.8 Å². The predicted molar refractivity (Wildman–Crippen MR) is 73.2 cm³/mol. The highest BCUT2D eigenvalue weighted by Crippen LogP contribution is 2.01. The van der Waals surface area contributed by atoms with Crippen molar-refractivity contribution in [1.82, 2.24) is 16.2 Å². The summed E-state index contributed by atoms with van der Waals surface area (Å²) in [6, 6.07) is 7.90. The van der Waals surface area contributed by atoms with E-state index >= 15 is 0 Å². The number of urea groups is 1. The van der Waals surface area contributed by atoms with Gasteiger partial charge in [0.15, 0.2) is 0 Å². The van der Waals surface area contributed by atoms with Crippen molar-refractivity contribution >= 4 is 17.8 Å². The summed E-state index contributed by atoms with van der Waals surface area (Å²) in [7, 11) is 0. The molecule has 0 aliphatic rings. The summed E-state index contributed by atoms with van der Waals surface area (Å²) < 4.78 is 0. The minimum absolute atomic E-state index is 0.179. The normalized spacial score (nSPS) is 11.3. The van der Waals surface area contributed by atoms with Gasteiger partial charge >= 0.3 is 6.03 Å². The summed E-state index contributed by atoms with van der Waals surface area (Å²) in [6.45, 7) is 1.47. The molecule has 20 heavy (non-hydrogen) atoms. The molecule has 1 unspecified atom stereocenters. The molecular weight excluding hydrogens is 260 g/mol. The molecule has 0 bridgehead atoms. The topological polar surface area (TPSA) is 113 Å². The van der Waals surface area contributed by atoms with E-state index in [2.05, 4.69) is 10.7 Å². The molecule has 0 aromatic heterocycles. The fraction of sp³-hybridized carbons (Fsp3) is 0.308. The van der Waals surface area contributed by atoms with E-state index in [4.69, 9.17) is 5.73 Å². The monoisotopic (exact) mass is 278 g/mol. The van der Waals surface area contributed by atoms with E-state index in [1.165, 1.54) is 6.92 Å². The second kappa shape index (κ2) is 7.90. The van der Waals surface area contributed by atoms with Crippen LogP contribution in [0.15, 0.2) is 30.3 Å². The lowest BCUT2D eigenvalue weighted by molar-refractivity contribution is -0.123. The fourth-order valence-electron chi connectivity index (χ4n) is 1.36. The van der Waals surface area contributed by atoms with E-state index in [0.29, 0.717) is 6.42 Å². The Hall–Kier alpha value is -2.41. The standard InChI is InChI=1S/C13H18N4O3/c1-9(14)12(19)16-17-13(20)15-11(18)8-7-10-5-3-2-4-6-10/h2-6,9H,7-8,14H2,1H3,(H,16,19)(H2,15,17,18,20). The van der Waals surface area contributed by atoms with E-state index in [0.717, 1.165) is 5.56 Å². The summed E-state index contributed by atoms with van der Waals surface area (Å²) in [4.78, 5) is 33.9. The number of rotatable bonds is 4. The van der Waals surface area contributed by atoms with Crippen LogP contribution in [0.2, 0.25) is 0 Å². The molecule has 1 aromatic carbocycles. The average Bonchev–Trinajstić information content (AvgIpc) is 2.43. The largest absolute Gasteiger partial charge is 0.340 e. The maximum atomic E-state index is 11.5. The summed E-state index contributed by atoms with van der Waals surface area (Å²) >= 11 is 0. The molecule has 0 radical (unpaired) electrons. The molecule has 0 aliphatic carbocycles. The number of benzene rings is 1. The SMILES string of the molecule is CC(N)C(=O)NNC(=O)NC(=O)CCc1ccccc1. The van der Waals surface area contributed by atoms with Gasteiger partial charge in [-0.1, -0.05) is 30.3 Å². The minimum Gasteiger partial charge on any atom is -0.320 e. The van der Waals surface area contributed by atoms with Crippen LogP contribution in [0.4, 0.5) is 4.79 Å². The van der Waals surface area contributed by atoms with Gasteiger partial charge in [0.2, 0.25) is 5.91 Å². The van der Waals surface area contributed by atoms with Gasteiger partial charge < -0.3 is 5.73 Å². The lowest BCUT2D eigenvalue weighted by Gasteiger charge is -2.09. The van der Waals surface area contributed by atoms with Gasteiger partial charge in [-0.15, -0.1) is 0 Å². The van der Waals surface area contributed by atoms with Crippen LogP contribution in [0.5, 0.6) is 0 Å². The van der Waals surface area contributed by atoms with Crippen LogP contribution >= 0.6 is 0 Å². The number of carbonyl (C=O) groups is 3. The molecule has 4 amide bonds. The summed E-state index contributed by atoms with van der Waals surface area (Å²) in [5.41, 5.74) is 10.4. The van der Waals surface area contributed by atoms with Crippen molar-refractivity contribution in [3.05, 3.63) is 35.9 Å². The third-order valence-corrected chi connectivity index (χ3v) is 2.45. The summed E-state index contributed by atoms with van der Waals surface area (Å²) in [5, 5.41) is 2.10. The van der Waals surface area contributed by atoms with Crippen molar-refractivity contribution < 1.29 is 14.4 Å². The van der Waals surface area contributed by atoms with Crippen LogP contribution in [-0.4, -0.2) is 23.9 Å². The van der Waals surface area contributed by atoms with Crippen LogP contribution in [0.25, 0.3) is 0 Å². The van der Waals surface area contributed by atoms with Crippen LogP contribution in [0.1, 0.15) is 18.9 Å². The minimum atomic E-state index is -0.794. The number of nitrogens with one attached hydrogen (secondary N) is 3. The molecule has 0 fully saturated rings. The molecule has 7 nitrogen and oxygen atoms in total. The van der Waals surface area contributed by atoms with Crippen molar-refractivity contribution in [3.8, 4) is 0 Å². The molecule has 7 heteroatoms. The van der Waals surface area contributed by atoms with Gasteiger partial charge in [-0.3, -0.25) is 20.3 Å². The van der Waals surface area contributed by atoms with E-state index < -0.39 is 23.9 Å². The quantitative estimate of drug-likeness (QED) is 0.572. The summed E-state index contributed by atoms with van der Waals surface area (Å²) in [6.07, 6.45) is 0.713. The fourth-order valence-corrected chi connectivity index (χ4v) is 1.36. The van der Waals surface area contributed by atoms with Gasteiger partial charge in [0.05, 0.1) is 6.04 Å². The molecule has 1 rings (SSSR count).